The van der Waals surface area contributed by atoms with Gasteiger partial charge in [-0.05, 0) is 17.7 Å². The molecule has 2 aromatic rings. The lowest BCUT2D eigenvalue weighted by Gasteiger charge is -2.21. The second-order valence-corrected chi connectivity index (χ2v) is 5.39. The Labute approximate surface area is 127 Å². The molecule has 2 aliphatic heterocycles. The summed E-state index contributed by atoms with van der Waals surface area (Å²) in [4.78, 5) is 19.1. The standard InChI is InChI=1S/C17H14N2O3/c1-22-16-7-12-13(8-15(16)20)18-9-11-6-10-4-2-3-5-14(10)19(11)17(12)21/h2-5,7-9,11,20H,6H2,1H3/t11-/m1/s1. The summed E-state index contributed by atoms with van der Waals surface area (Å²) in [7, 11) is 1.46. The molecule has 0 fully saturated rings. The van der Waals surface area contributed by atoms with E-state index in [4.69, 9.17) is 4.74 Å². The molecular formula is C17H14N2O3. The minimum atomic E-state index is -0.124. The van der Waals surface area contributed by atoms with E-state index in [0.717, 1.165) is 17.7 Å². The highest BCUT2D eigenvalue weighted by atomic mass is 16.5. The predicted molar refractivity (Wildman–Crippen MR) is 83.6 cm³/mol. The van der Waals surface area contributed by atoms with Gasteiger partial charge in [0.25, 0.3) is 5.91 Å². The van der Waals surface area contributed by atoms with Gasteiger partial charge in [0, 0.05) is 24.4 Å². The van der Waals surface area contributed by atoms with E-state index in [1.807, 2.05) is 24.3 Å². The summed E-state index contributed by atoms with van der Waals surface area (Å²) in [5, 5.41) is 9.88. The molecule has 1 amide bonds. The van der Waals surface area contributed by atoms with Gasteiger partial charge < -0.3 is 9.84 Å². The zero-order chi connectivity index (χ0) is 15.3. The van der Waals surface area contributed by atoms with Crippen LogP contribution in [0.5, 0.6) is 11.5 Å². The zero-order valence-corrected chi connectivity index (χ0v) is 12.0. The summed E-state index contributed by atoms with van der Waals surface area (Å²) in [6.45, 7) is 0. The molecule has 2 aromatic carbocycles. The number of hydrogen-bond donors (Lipinski definition) is 1. The van der Waals surface area contributed by atoms with Crippen LogP contribution < -0.4 is 9.64 Å². The fourth-order valence-corrected chi connectivity index (χ4v) is 3.09. The van der Waals surface area contributed by atoms with Crippen molar-refractivity contribution in [2.75, 3.05) is 12.0 Å². The normalized spacial score (nSPS) is 18.5. The van der Waals surface area contributed by atoms with E-state index in [-0.39, 0.29) is 23.4 Å². The second-order valence-electron chi connectivity index (χ2n) is 5.39. The molecule has 0 bridgehead atoms. The van der Waals surface area contributed by atoms with Crippen molar-refractivity contribution in [3.05, 3.63) is 47.5 Å². The highest BCUT2D eigenvalue weighted by Crippen LogP contribution is 2.40. The number of ether oxygens (including phenoxy) is 1. The van der Waals surface area contributed by atoms with Gasteiger partial charge in [0.2, 0.25) is 0 Å². The lowest BCUT2D eigenvalue weighted by atomic mass is 10.1. The third-order valence-electron chi connectivity index (χ3n) is 4.14. The van der Waals surface area contributed by atoms with Crippen molar-refractivity contribution in [2.45, 2.75) is 12.5 Å². The Bertz CT molecular complexity index is 814. The maximum absolute atomic E-state index is 13.0. The molecule has 0 unspecified atom stereocenters. The molecule has 2 heterocycles. The van der Waals surface area contributed by atoms with Crippen LogP contribution in [0.4, 0.5) is 11.4 Å². The third kappa shape index (κ3) is 1.72. The Balaban J connectivity index is 1.88. The minimum Gasteiger partial charge on any atom is -0.504 e. The molecule has 4 rings (SSSR count). The van der Waals surface area contributed by atoms with E-state index >= 15 is 0 Å². The summed E-state index contributed by atoms with van der Waals surface area (Å²) in [5.41, 5.74) is 2.96. The molecule has 1 atom stereocenters. The number of aromatic hydroxyl groups is 1. The van der Waals surface area contributed by atoms with Crippen molar-refractivity contribution >= 4 is 23.5 Å². The van der Waals surface area contributed by atoms with Gasteiger partial charge in [-0.25, -0.2) is 0 Å². The van der Waals surface area contributed by atoms with Gasteiger partial charge in [-0.3, -0.25) is 14.7 Å². The Morgan fingerprint density at radius 2 is 2.14 bits per heavy atom. The van der Waals surface area contributed by atoms with Crippen LogP contribution in [-0.4, -0.2) is 30.4 Å². The van der Waals surface area contributed by atoms with Gasteiger partial charge in [0.1, 0.15) is 0 Å². The van der Waals surface area contributed by atoms with E-state index in [1.165, 1.54) is 13.2 Å². The molecule has 0 aromatic heterocycles. The first-order valence-electron chi connectivity index (χ1n) is 7.05. The van der Waals surface area contributed by atoms with Crippen LogP contribution in [0, 0.1) is 0 Å². The molecule has 1 N–H and O–H groups in total. The van der Waals surface area contributed by atoms with Crippen molar-refractivity contribution in [3.8, 4) is 11.5 Å². The lowest BCUT2D eigenvalue weighted by molar-refractivity contribution is 0.0987. The van der Waals surface area contributed by atoms with E-state index in [9.17, 15) is 9.90 Å². The first kappa shape index (κ1) is 12.9. The van der Waals surface area contributed by atoms with Crippen LogP contribution in [0.25, 0.3) is 0 Å². The fraction of sp³-hybridized carbons (Fsp3) is 0.176. The largest absolute Gasteiger partial charge is 0.504 e. The van der Waals surface area contributed by atoms with Gasteiger partial charge in [-0.15, -0.1) is 0 Å². The number of anilines is 1. The Morgan fingerprint density at radius 3 is 2.95 bits per heavy atom. The maximum Gasteiger partial charge on any atom is 0.261 e. The zero-order valence-electron chi connectivity index (χ0n) is 12.0. The number of methoxy groups -OCH3 is 1. The number of phenolic OH excluding ortho intramolecular Hbond substituents is 1. The fourth-order valence-electron chi connectivity index (χ4n) is 3.09. The van der Waals surface area contributed by atoms with E-state index in [2.05, 4.69) is 4.99 Å². The molecular weight excluding hydrogens is 280 g/mol. The molecule has 0 saturated heterocycles. The molecule has 5 heteroatoms. The number of para-hydroxylation sites is 1. The molecule has 110 valence electrons. The average Bonchev–Trinajstić information content (AvgIpc) is 2.84. The van der Waals surface area contributed by atoms with Gasteiger partial charge in [-0.1, -0.05) is 18.2 Å². The first-order chi connectivity index (χ1) is 10.7. The first-order valence-corrected chi connectivity index (χ1v) is 7.05. The van der Waals surface area contributed by atoms with Crippen LogP contribution in [0.1, 0.15) is 15.9 Å². The number of carbonyl (C=O) groups is 1. The van der Waals surface area contributed by atoms with E-state index < -0.39 is 0 Å². The Morgan fingerprint density at radius 1 is 1.32 bits per heavy atom. The van der Waals surface area contributed by atoms with Gasteiger partial charge in [0.05, 0.1) is 24.4 Å². The summed E-state index contributed by atoms with van der Waals surface area (Å²) < 4.78 is 5.11. The molecule has 0 spiro atoms. The summed E-state index contributed by atoms with van der Waals surface area (Å²) >= 11 is 0. The van der Waals surface area contributed by atoms with Gasteiger partial charge >= 0.3 is 0 Å². The molecule has 2 aliphatic rings. The number of amides is 1. The van der Waals surface area contributed by atoms with Crippen LogP contribution >= 0.6 is 0 Å². The highest BCUT2D eigenvalue weighted by molar-refractivity contribution is 6.14. The number of fused-ring (bicyclic) bond motifs is 4. The number of hydrogen-bond acceptors (Lipinski definition) is 4. The second kappa shape index (κ2) is 4.59. The number of rotatable bonds is 1. The summed E-state index contributed by atoms with van der Waals surface area (Å²) in [6.07, 6.45) is 2.53. The number of benzene rings is 2. The predicted octanol–water partition coefficient (Wildman–Crippen LogP) is 2.69. The number of aliphatic imine (C=N–C) groups is 1. The number of carbonyl (C=O) groups excluding carboxylic acids is 1. The molecule has 22 heavy (non-hydrogen) atoms. The van der Waals surface area contributed by atoms with Crippen LogP contribution in [-0.2, 0) is 6.42 Å². The van der Waals surface area contributed by atoms with Crippen LogP contribution in [0.2, 0.25) is 0 Å². The topological polar surface area (TPSA) is 62.1 Å². The highest BCUT2D eigenvalue weighted by Gasteiger charge is 2.36. The van der Waals surface area contributed by atoms with Crippen molar-refractivity contribution in [3.63, 3.8) is 0 Å². The number of phenols is 1. The Kier molecular flexibility index (Phi) is 2.69. The molecule has 0 saturated carbocycles. The average molecular weight is 294 g/mol. The van der Waals surface area contributed by atoms with Gasteiger partial charge in [-0.2, -0.15) is 0 Å². The number of nitrogens with zero attached hydrogens (tertiary/aromatic N) is 2. The summed E-state index contributed by atoms with van der Waals surface area (Å²) in [6, 6.07) is 10.8. The smallest absolute Gasteiger partial charge is 0.261 e. The SMILES string of the molecule is COc1cc2c(cc1O)N=C[C@H]1Cc3ccccc3N1C2=O. The Hall–Kier alpha value is -2.82. The summed E-state index contributed by atoms with van der Waals surface area (Å²) in [5.74, 6) is 0.127. The van der Waals surface area contributed by atoms with Crippen molar-refractivity contribution in [1.82, 2.24) is 0 Å². The monoisotopic (exact) mass is 294 g/mol. The quantitative estimate of drug-likeness (QED) is 0.879. The van der Waals surface area contributed by atoms with Crippen LogP contribution in [0.3, 0.4) is 0 Å². The van der Waals surface area contributed by atoms with Crippen molar-refractivity contribution in [2.24, 2.45) is 4.99 Å². The lowest BCUT2D eigenvalue weighted by Crippen LogP contribution is -2.37. The van der Waals surface area contributed by atoms with Crippen molar-refractivity contribution < 1.29 is 14.6 Å². The molecule has 5 nitrogen and oxygen atoms in total. The molecule has 0 aliphatic carbocycles. The van der Waals surface area contributed by atoms with Crippen LogP contribution in [0.15, 0.2) is 41.4 Å². The van der Waals surface area contributed by atoms with E-state index in [0.29, 0.717) is 11.3 Å². The minimum absolute atomic E-state index is 0.0198. The third-order valence-corrected chi connectivity index (χ3v) is 4.14. The maximum atomic E-state index is 13.0. The molecule has 0 radical (unpaired) electrons. The van der Waals surface area contributed by atoms with E-state index in [1.54, 1.807) is 17.2 Å². The van der Waals surface area contributed by atoms with Crippen molar-refractivity contribution in [1.29, 1.82) is 0 Å². The van der Waals surface area contributed by atoms with Gasteiger partial charge in [0.15, 0.2) is 11.5 Å².